The van der Waals surface area contributed by atoms with Gasteiger partial charge in [-0.2, -0.15) is 0 Å². The van der Waals surface area contributed by atoms with E-state index in [1.807, 2.05) is 0 Å². The summed E-state index contributed by atoms with van der Waals surface area (Å²) >= 11 is 3.16. The number of rotatable bonds is 5. The molecule has 110 valence electrons. The lowest BCUT2D eigenvalue weighted by Gasteiger charge is -2.28. The first kappa shape index (κ1) is 16.7. The van der Waals surface area contributed by atoms with Crippen LogP contribution in [0.5, 0.6) is 0 Å². The molecule has 0 aromatic carbocycles. The third kappa shape index (κ3) is 4.91. The summed E-state index contributed by atoms with van der Waals surface area (Å²) < 4.78 is 0.0154. The zero-order valence-electron chi connectivity index (χ0n) is 12.0. The van der Waals surface area contributed by atoms with Gasteiger partial charge >= 0.3 is 5.97 Å². The van der Waals surface area contributed by atoms with Crippen LogP contribution in [-0.2, 0) is 9.59 Å². The summed E-state index contributed by atoms with van der Waals surface area (Å²) in [6.45, 7) is 8.23. The van der Waals surface area contributed by atoms with Gasteiger partial charge in [0.2, 0.25) is 5.91 Å². The average Bonchev–Trinajstić information content (AvgIpc) is 2.69. The second kappa shape index (κ2) is 6.88. The first-order valence-electron chi connectivity index (χ1n) is 6.55. The normalized spacial score (nSPS) is 23.7. The number of hydrogen-bond acceptors (Lipinski definition) is 4. The van der Waals surface area contributed by atoms with Gasteiger partial charge in [-0.3, -0.25) is 4.79 Å². The zero-order chi connectivity index (χ0) is 14.6. The number of thioether (sulfide) groups is 2. The Kier molecular flexibility index (Phi) is 6.05. The van der Waals surface area contributed by atoms with Crippen LogP contribution >= 0.6 is 23.5 Å². The van der Waals surface area contributed by atoms with E-state index < -0.39 is 12.0 Å². The van der Waals surface area contributed by atoms with Gasteiger partial charge in [0, 0.05) is 10.5 Å². The minimum absolute atomic E-state index is 0.0154. The van der Waals surface area contributed by atoms with Crippen molar-refractivity contribution in [3.63, 3.8) is 0 Å². The van der Waals surface area contributed by atoms with Gasteiger partial charge in [-0.05, 0) is 6.42 Å². The number of carboxylic acids is 1. The topological polar surface area (TPSA) is 57.6 Å². The third-order valence-corrected chi connectivity index (χ3v) is 5.44. The summed E-state index contributed by atoms with van der Waals surface area (Å²) in [5.41, 5.74) is 0. The molecule has 0 saturated carbocycles. The predicted molar refractivity (Wildman–Crippen MR) is 81.6 cm³/mol. The molecule has 0 aromatic heterocycles. The number of aliphatic carboxylic acids is 1. The molecular formula is C13H23NO3S2. The second-order valence-electron chi connectivity index (χ2n) is 5.63. The Hall–Kier alpha value is -0.360. The summed E-state index contributed by atoms with van der Waals surface area (Å²) in [7, 11) is 0. The number of carbonyl (C=O) groups is 2. The maximum atomic E-state index is 12.3. The van der Waals surface area contributed by atoms with Crippen molar-refractivity contribution in [3.8, 4) is 0 Å². The summed E-state index contributed by atoms with van der Waals surface area (Å²) in [6, 6.07) is -0.658. The highest BCUT2D eigenvalue weighted by atomic mass is 32.2. The molecule has 1 fully saturated rings. The fraction of sp³-hybridized carbons (Fsp3) is 0.846. The van der Waals surface area contributed by atoms with Crippen molar-refractivity contribution in [1.82, 2.24) is 4.90 Å². The molecule has 0 spiro atoms. The van der Waals surface area contributed by atoms with E-state index >= 15 is 0 Å². The predicted octanol–water partition coefficient (Wildman–Crippen LogP) is 2.67. The quantitative estimate of drug-likeness (QED) is 0.846. The van der Waals surface area contributed by atoms with Gasteiger partial charge < -0.3 is 10.0 Å². The Morgan fingerprint density at radius 2 is 2.05 bits per heavy atom. The van der Waals surface area contributed by atoms with Crippen LogP contribution in [0.4, 0.5) is 0 Å². The van der Waals surface area contributed by atoms with Crippen LogP contribution in [0.2, 0.25) is 0 Å². The lowest BCUT2D eigenvalue weighted by atomic mass is 10.2. The molecule has 1 aliphatic heterocycles. The molecule has 0 aliphatic carbocycles. The fourth-order valence-corrected chi connectivity index (χ4v) is 4.15. The molecule has 1 saturated heterocycles. The van der Waals surface area contributed by atoms with E-state index in [0.29, 0.717) is 11.5 Å². The highest BCUT2D eigenvalue weighted by Gasteiger charge is 2.41. The summed E-state index contributed by atoms with van der Waals surface area (Å²) in [6.07, 6.45) is 1.82. The van der Waals surface area contributed by atoms with Gasteiger partial charge in [-0.1, -0.05) is 34.1 Å². The van der Waals surface area contributed by atoms with Gasteiger partial charge in [0.1, 0.15) is 6.04 Å². The van der Waals surface area contributed by atoms with Gasteiger partial charge in [0.15, 0.2) is 0 Å². The SMILES string of the molecule is CCCC1SCC(C(=O)O)N1C(=O)CSC(C)(C)C. The molecule has 0 bridgehead atoms. The van der Waals surface area contributed by atoms with E-state index in [-0.39, 0.29) is 16.0 Å². The summed E-state index contributed by atoms with van der Waals surface area (Å²) in [4.78, 5) is 25.2. The Morgan fingerprint density at radius 3 is 2.53 bits per heavy atom. The van der Waals surface area contributed by atoms with Crippen LogP contribution in [-0.4, -0.2) is 49.6 Å². The van der Waals surface area contributed by atoms with E-state index in [2.05, 4.69) is 27.7 Å². The third-order valence-electron chi connectivity index (χ3n) is 2.83. The molecule has 6 heteroatoms. The van der Waals surface area contributed by atoms with E-state index in [1.165, 1.54) is 0 Å². The first-order chi connectivity index (χ1) is 8.76. The highest BCUT2D eigenvalue weighted by molar-refractivity contribution is 8.01. The monoisotopic (exact) mass is 305 g/mol. The molecule has 1 heterocycles. The van der Waals surface area contributed by atoms with Crippen LogP contribution in [0.25, 0.3) is 0 Å². The Morgan fingerprint density at radius 1 is 1.42 bits per heavy atom. The summed E-state index contributed by atoms with van der Waals surface area (Å²) in [5, 5.41) is 9.26. The van der Waals surface area contributed by atoms with Crippen molar-refractivity contribution in [2.24, 2.45) is 0 Å². The van der Waals surface area contributed by atoms with Crippen molar-refractivity contribution < 1.29 is 14.7 Å². The van der Waals surface area contributed by atoms with Crippen LogP contribution in [0.15, 0.2) is 0 Å². The Labute approximate surface area is 123 Å². The Bertz CT molecular complexity index is 341. The molecule has 4 nitrogen and oxygen atoms in total. The molecule has 0 radical (unpaired) electrons. The molecule has 19 heavy (non-hydrogen) atoms. The highest BCUT2D eigenvalue weighted by Crippen LogP contribution is 2.33. The van der Waals surface area contributed by atoms with Crippen molar-refractivity contribution >= 4 is 35.4 Å². The lowest BCUT2D eigenvalue weighted by Crippen LogP contribution is -2.46. The maximum absolute atomic E-state index is 12.3. The van der Waals surface area contributed by atoms with Crippen LogP contribution in [0, 0.1) is 0 Å². The molecular weight excluding hydrogens is 282 g/mol. The Balaban J connectivity index is 2.72. The molecule has 2 atom stereocenters. The van der Waals surface area contributed by atoms with Crippen LogP contribution in [0.3, 0.4) is 0 Å². The fourth-order valence-electron chi connectivity index (χ4n) is 1.91. The van der Waals surface area contributed by atoms with Crippen molar-refractivity contribution in [2.45, 2.75) is 56.7 Å². The standard InChI is InChI=1S/C13H23NO3S2/c1-5-6-11-14(9(7-18-11)12(16)17)10(15)8-19-13(2,3)4/h9,11H,5-8H2,1-4H3,(H,16,17). The van der Waals surface area contributed by atoms with Crippen LogP contribution in [0.1, 0.15) is 40.5 Å². The number of carboxylic acid groups (broad SMARTS) is 1. The molecule has 0 aromatic rings. The van der Waals surface area contributed by atoms with Crippen LogP contribution < -0.4 is 0 Å². The molecule has 1 N–H and O–H groups in total. The first-order valence-corrected chi connectivity index (χ1v) is 8.59. The zero-order valence-corrected chi connectivity index (χ0v) is 13.6. The van der Waals surface area contributed by atoms with Crippen molar-refractivity contribution in [2.75, 3.05) is 11.5 Å². The van der Waals surface area contributed by atoms with E-state index in [9.17, 15) is 14.7 Å². The molecule has 2 unspecified atom stereocenters. The largest absolute Gasteiger partial charge is 0.480 e. The number of nitrogens with zero attached hydrogens (tertiary/aromatic N) is 1. The minimum Gasteiger partial charge on any atom is -0.480 e. The molecule has 1 amide bonds. The van der Waals surface area contributed by atoms with Gasteiger partial charge in [0.05, 0.1) is 11.1 Å². The lowest BCUT2D eigenvalue weighted by molar-refractivity contribution is -0.148. The van der Waals surface area contributed by atoms with E-state index in [1.54, 1.807) is 28.4 Å². The molecule has 1 aliphatic rings. The average molecular weight is 305 g/mol. The molecule has 1 rings (SSSR count). The number of hydrogen-bond donors (Lipinski definition) is 1. The van der Waals surface area contributed by atoms with Crippen molar-refractivity contribution in [3.05, 3.63) is 0 Å². The van der Waals surface area contributed by atoms with Crippen molar-refractivity contribution in [1.29, 1.82) is 0 Å². The summed E-state index contributed by atoms with van der Waals surface area (Å²) in [5.74, 6) is -0.0732. The minimum atomic E-state index is -0.889. The second-order valence-corrected chi connectivity index (χ2v) is 8.65. The van der Waals surface area contributed by atoms with E-state index in [4.69, 9.17) is 0 Å². The number of amides is 1. The van der Waals surface area contributed by atoms with Gasteiger partial charge in [0.25, 0.3) is 0 Å². The maximum Gasteiger partial charge on any atom is 0.327 e. The number of carbonyl (C=O) groups excluding carboxylic acids is 1. The van der Waals surface area contributed by atoms with Gasteiger partial charge in [-0.15, -0.1) is 23.5 Å². The smallest absolute Gasteiger partial charge is 0.327 e. The van der Waals surface area contributed by atoms with E-state index in [0.717, 1.165) is 12.8 Å². The van der Waals surface area contributed by atoms with Gasteiger partial charge in [-0.25, -0.2) is 4.79 Å².